The molecule has 0 aliphatic carbocycles. The van der Waals surface area contributed by atoms with Crippen molar-refractivity contribution in [2.45, 2.75) is 25.5 Å². The standard InChI is InChI=1S/C18H21NO5/c1-2-22-16-12-21-11-10-14(16)19-18(20)15-8-9-17(24-15)23-13-6-4-3-5-7-13/h3-9,14,16H,2,10-12H2,1H3,(H,19,20)/t14-,16-/m1/s1. The predicted octanol–water partition coefficient (Wildman–Crippen LogP) is 3.00. The summed E-state index contributed by atoms with van der Waals surface area (Å²) >= 11 is 0. The third-order valence-electron chi connectivity index (χ3n) is 3.77. The normalized spacial score (nSPS) is 20.5. The fraction of sp³-hybridized carbons (Fsp3) is 0.389. The first kappa shape index (κ1) is 16.5. The average molecular weight is 331 g/mol. The van der Waals surface area contributed by atoms with Crippen LogP contribution in [0.15, 0.2) is 46.9 Å². The Balaban J connectivity index is 1.61. The second kappa shape index (κ2) is 7.99. The average Bonchev–Trinajstić information content (AvgIpc) is 3.06. The van der Waals surface area contributed by atoms with Crippen molar-refractivity contribution >= 4 is 5.91 Å². The maximum Gasteiger partial charge on any atom is 0.290 e. The number of benzene rings is 1. The highest BCUT2D eigenvalue weighted by atomic mass is 16.6. The van der Waals surface area contributed by atoms with Crippen LogP contribution in [0, 0.1) is 0 Å². The summed E-state index contributed by atoms with van der Waals surface area (Å²) in [4.78, 5) is 12.4. The van der Waals surface area contributed by atoms with E-state index < -0.39 is 0 Å². The van der Waals surface area contributed by atoms with Crippen LogP contribution < -0.4 is 10.1 Å². The molecule has 0 unspecified atom stereocenters. The van der Waals surface area contributed by atoms with Crippen LogP contribution in [0.3, 0.4) is 0 Å². The zero-order chi connectivity index (χ0) is 16.8. The summed E-state index contributed by atoms with van der Waals surface area (Å²) in [6.07, 6.45) is 0.576. The zero-order valence-corrected chi connectivity index (χ0v) is 13.6. The van der Waals surface area contributed by atoms with E-state index in [4.69, 9.17) is 18.6 Å². The van der Waals surface area contributed by atoms with Crippen LogP contribution in [-0.2, 0) is 9.47 Å². The number of hydrogen-bond acceptors (Lipinski definition) is 5. The first-order valence-corrected chi connectivity index (χ1v) is 8.09. The van der Waals surface area contributed by atoms with Crippen LogP contribution in [0.4, 0.5) is 0 Å². The highest BCUT2D eigenvalue weighted by Crippen LogP contribution is 2.23. The van der Waals surface area contributed by atoms with Gasteiger partial charge in [-0.1, -0.05) is 18.2 Å². The molecule has 0 saturated carbocycles. The van der Waals surface area contributed by atoms with Crippen LogP contribution in [0.2, 0.25) is 0 Å². The van der Waals surface area contributed by atoms with Gasteiger partial charge in [-0.05, 0) is 31.5 Å². The number of rotatable bonds is 6. The molecule has 0 radical (unpaired) electrons. The van der Waals surface area contributed by atoms with Crippen LogP contribution in [0.25, 0.3) is 0 Å². The van der Waals surface area contributed by atoms with E-state index in [0.29, 0.717) is 32.0 Å². The summed E-state index contributed by atoms with van der Waals surface area (Å²) < 4.78 is 22.1. The fourth-order valence-electron chi connectivity index (χ4n) is 2.60. The number of para-hydroxylation sites is 1. The summed E-state index contributed by atoms with van der Waals surface area (Å²) in [6, 6.07) is 12.4. The lowest BCUT2D eigenvalue weighted by Gasteiger charge is -2.31. The van der Waals surface area contributed by atoms with Gasteiger partial charge in [0.2, 0.25) is 0 Å². The monoisotopic (exact) mass is 331 g/mol. The third kappa shape index (κ3) is 4.15. The van der Waals surface area contributed by atoms with Crippen molar-refractivity contribution in [1.82, 2.24) is 5.32 Å². The summed E-state index contributed by atoms with van der Waals surface area (Å²) in [7, 11) is 0. The maximum atomic E-state index is 12.4. The van der Waals surface area contributed by atoms with Crippen LogP contribution in [0.5, 0.6) is 11.7 Å². The van der Waals surface area contributed by atoms with Gasteiger partial charge in [0, 0.05) is 19.3 Å². The second-order valence-electron chi connectivity index (χ2n) is 5.47. The Labute approximate surface area is 140 Å². The van der Waals surface area contributed by atoms with Gasteiger partial charge in [-0.2, -0.15) is 0 Å². The Bertz CT molecular complexity index is 652. The van der Waals surface area contributed by atoms with E-state index in [1.807, 2.05) is 37.3 Å². The number of nitrogens with one attached hydrogen (secondary N) is 1. The van der Waals surface area contributed by atoms with E-state index in [-0.39, 0.29) is 29.8 Å². The zero-order valence-electron chi connectivity index (χ0n) is 13.6. The molecule has 0 bridgehead atoms. The van der Waals surface area contributed by atoms with Crippen molar-refractivity contribution in [1.29, 1.82) is 0 Å². The lowest BCUT2D eigenvalue weighted by Crippen LogP contribution is -2.49. The number of furan rings is 1. The number of amides is 1. The van der Waals surface area contributed by atoms with E-state index in [1.54, 1.807) is 12.1 Å². The van der Waals surface area contributed by atoms with Crippen molar-refractivity contribution in [2.75, 3.05) is 19.8 Å². The number of carbonyl (C=O) groups excluding carboxylic acids is 1. The Morgan fingerprint density at radius 2 is 2.08 bits per heavy atom. The lowest BCUT2D eigenvalue weighted by molar-refractivity contribution is -0.0634. The van der Waals surface area contributed by atoms with Gasteiger partial charge in [0.25, 0.3) is 11.9 Å². The van der Waals surface area contributed by atoms with Crippen LogP contribution in [-0.4, -0.2) is 37.9 Å². The van der Waals surface area contributed by atoms with Crippen molar-refractivity contribution in [3.8, 4) is 11.7 Å². The summed E-state index contributed by atoms with van der Waals surface area (Å²) in [6.45, 7) is 3.60. The summed E-state index contributed by atoms with van der Waals surface area (Å²) in [5.74, 6) is 0.858. The molecule has 1 N–H and O–H groups in total. The molecule has 1 aromatic carbocycles. The number of hydrogen-bond donors (Lipinski definition) is 1. The number of ether oxygens (including phenoxy) is 3. The van der Waals surface area contributed by atoms with Gasteiger partial charge in [0.05, 0.1) is 12.6 Å². The molecule has 1 aromatic heterocycles. The SMILES string of the molecule is CCO[C@@H]1COCC[C@H]1NC(=O)c1ccc(Oc2ccccc2)o1. The number of carbonyl (C=O) groups is 1. The minimum atomic E-state index is -0.283. The molecular formula is C18H21NO5. The molecule has 2 aromatic rings. The molecular weight excluding hydrogens is 310 g/mol. The quantitative estimate of drug-likeness (QED) is 0.881. The molecule has 128 valence electrons. The third-order valence-corrected chi connectivity index (χ3v) is 3.77. The molecule has 1 aliphatic heterocycles. The predicted molar refractivity (Wildman–Crippen MR) is 87.3 cm³/mol. The van der Waals surface area contributed by atoms with Gasteiger partial charge in [-0.25, -0.2) is 0 Å². The molecule has 6 nitrogen and oxygen atoms in total. The summed E-state index contributed by atoms with van der Waals surface area (Å²) in [5, 5.41) is 2.95. The van der Waals surface area contributed by atoms with E-state index in [1.165, 1.54) is 0 Å². The molecule has 2 heterocycles. The largest absolute Gasteiger partial charge is 0.426 e. The minimum absolute atomic E-state index is 0.0882. The van der Waals surface area contributed by atoms with Gasteiger partial charge < -0.3 is 23.9 Å². The first-order valence-electron chi connectivity index (χ1n) is 8.09. The lowest BCUT2D eigenvalue weighted by atomic mass is 10.1. The van der Waals surface area contributed by atoms with E-state index in [2.05, 4.69) is 5.32 Å². The molecule has 2 atom stereocenters. The molecule has 1 fully saturated rings. The van der Waals surface area contributed by atoms with Gasteiger partial charge >= 0.3 is 0 Å². The van der Waals surface area contributed by atoms with Crippen molar-refractivity contribution < 1.29 is 23.4 Å². The maximum absolute atomic E-state index is 12.4. The first-order chi connectivity index (χ1) is 11.8. The topological polar surface area (TPSA) is 69.9 Å². The van der Waals surface area contributed by atoms with Gasteiger partial charge in [-0.15, -0.1) is 0 Å². The Morgan fingerprint density at radius 3 is 2.88 bits per heavy atom. The van der Waals surface area contributed by atoms with Gasteiger partial charge in [0.1, 0.15) is 11.9 Å². The fourth-order valence-corrected chi connectivity index (χ4v) is 2.60. The molecule has 1 aliphatic rings. The van der Waals surface area contributed by atoms with Crippen molar-refractivity contribution in [3.05, 3.63) is 48.2 Å². The molecule has 1 amide bonds. The molecule has 6 heteroatoms. The minimum Gasteiger partial charge on any atom is -0.426 e. The Morgan fingerprint density at radius 1 is 1.25 bits per heavy atom. The van der Waals surface area contributed by atoms with E-state index in [0.717, 1.165) is 0 Å². The van der Waals surface area contributed by atoms with Crippen molar-refractivity contribution in [3.63, 3.8) is 0 Å². The van der Waals surface area contributed by atoms with Crippen LogP contribution in [0.1, 0.15) is 23.9 Å². The Hall–Kier alpha value is -2.31. The summed E-state index contributed by atoms with van der Waals surface area (Å²) in [5.41, 5.74) is 0. The molecule has 3 rings (SSSR count). The molecule has 24 heavy (non-hydrogen) atoms. The molecule has 0 spiro atoms. The van der Waals surface area contributed by atoms with Gasteiger partial charge in [-0.3, -0.25) is 4.79 Å². The van der Waals surface area contributed by atoms with E-state index in [9.17, 15) is 4.79 Å². The van der Waals surface area contributed by atoms with Crippen molar-refractivity contribution in [2.24, 2.45) is 0 Å². The Kier molecular flexibility index (Phi) is 5.51. The molecule has 1 saturated heterocycles. The smallest absolute Gasteiger partial charge is 0.290 e. The highest BCUT2D eigenvalue weighted by Gasteiger charge is 2.28. The van der Waals surface area contributed by atoms with Gasteiger partial charge in [0.15, 0.2) is 5.76 Å². The second-order valence-corrected chi connectivity index (χ2v) is 5.47. The highest BCUT2D eigenvalue weighted by molar-refractivity contribution is 5.91. The van der Waals surface area contributed by atoms with Crippen LogP contribution >= 0.6 is 0 Å². The van der Waals surface area contributed by atoms with E-state index >= 15 is 0 Å².